The third-order valence-electron chi connectivity index (χ3n) is 2.12. The highest BCUT2D eigenvalue weighted by molar-refractivity contribution is 7.13. The number of thiazole rings is 1. The Morgan fingerprint density at radius 2 is 2.20 bits per heavy atom. The van der Waals surface area contributed by atoms with Gasteiger partial charge in [0.05, 0.1) is 16.5 Å². The van der Waals surface area contributed by atoms with E-state index in [0.717, 1.165) is 16.1 Å². The van der Waals surface area contributed by atoms with E-state index < -0.39 is 6.10 Å². The fourth-order valence-corrected chi connectivity index (χ4v) is 1.89. The van der Waals surface area contributed by atoms with Gasteiger partial charge in [-0.3, -0.25) is 4.98 Å². The molecular formula is C10H11N3OS. The van der Waals surface area contributed by atoms with Crippen molar-refractivity contribution in [2.24, 2.45) is 0 Å². The Bertz CT molecular complexity index is 454. The van der Waals surface area contributed by atoms with Crippen molar-refractivity contribution in [3.05, 3.63) is 29.2 Å². The Morgan fingerprint density at radius 1 is 1.40 bits per heavy atom. The average molecular weight is 221 g/mol. The van der Waals surface area contributed by atoms with Gasteiger partial charge in [-0.2, -0.15) is 0 Å². The van der Waals surface area contributed by atoms with Crippen molar-refractivity contribution >= 4 is 11.3 Å². The largest absolute Gasteiger partial charge is 0.389 e. The molecular weight excluding hydrogens is 210 g/mol. The number of hydrogen-bond donors (Lipinski definition) is 1. The van der Waals surface area contributed by atoms with Crippen LogP contribution in [0.15, 0.2) is 17.9 Å². The number of rotatable bonds is 2. The number of aromatic nitrogens is 3. The molecule has 2 aromatic heterocycles. The van der Waals surface area contributed by atoms with Gasteiger partial charge >= 0.3 is 0 Å². The highest BCUT2D eigenvalue weighted by atomic mass is 32.1. The second-order valence-corrected chi connectivity index (χ2v) is 4.16. The maximum absolute atomic E-state index is 9.44. The predicted molar refractivity (Wildman–Crippen MR) is 58.5 cm³/mol. The first kappa shape index (κ1) is 10.2. The molecule has 0 fully saturated rings. The Kier molecular flexibility index (Phi) is 2.75. The third kappa shape index (κ3) is 2.03. The van der Waals surface area contributed by atoms with Gasteiger partial charge in [-0.1, -0.05) is 0 Å². The molecule has 0 aliphatic heterocycles. The monoisotopic (exact) mass is 221 g/mol. The summed E-state index contributed by atoms with van der Waals surface area (Å²) < 4.78 is 0. The first-order valence-electron chi connectivity index (χ1n) is 4.59. The Hall–Kier alpha value is -1.33. The molecule has 2 heterocycles. The van der Waals surface area contributed by atoms with Crippen LogP contribution in [0, 0.1) is 6.92 Å². The lowest BCUT2D eigenvalue weighted by molar-refractivity contribution is 0.197. The molecule has 1 atom stereocenters. The molecule has 2 rings (SSSR count). The van der Waals surface area contributed by atoms with Gasteiger partial charge in [-0.25, -0.2) is 9.97 Å². The summed E-state index contributed by atoms with van der Waals surface area (Å²) in [5.74, 6) is 0.666. The zero-order valence-electron chi connectivity index (χ0n) is 8.51. The molecule has 0 amide bonds. The molecule has 0 radical (unpaired) electrons. The van der Waals surface area contributed by atoms with Crippen LogP contribution in [0.2, 0.25) is 0 Å². The highest BCUT2D eigenvalue weighted by Gasteiger charge is 2.09. The summed E-state index contributed by atoms with van der Waals surface area (Å²) in [7, 11) is 0. The van der Waals surface area contributed by atoms with Gasteiger partial charge < -0.3 is 5.11 Å². The lowest BCUT2D eigenvalue weighted by Gasteiger charge is -2.07. The van der Waals surface area contributed by atoms with Crippen molar-refractivity contribution < 1.29 is 5.11 Å². The molecule has 0 aliphatic rings. The van der Waals surface area contributed by atoms with E-state index >= 15 is 0 Å². The van der Waals surface area contributed by atoms with Crippen LogP contribution < -0.4 is 0 Å². The summed E-state index contributed by atoms with van der Waals surface area (Å²) >= 11 is 1.50. The first-order chi connectivity index (χ1) is 7.18. The maximum Gasteiger partial charge on any atom is 0.171 e. The fraction of sp³-hybridized carbons (Fsp3) is 0.300. The van der Waals surface area contributed by atoms with E-state index in [2.05, 4.69) is 15.0 Å². The van der Waals surface area contributed by atoms with E-state index in [1.807, 2.05) is 6.92 Å². The molecule has 78 valence electrons. The van der Waals surface area contributed by atoms with E-state index in [4.69, 9.17) is 0 Å². The number of aliphatic hydroxyl groups is 1. The van der Waals surface area contributed by atoms with Crippen molar-refractivity contribution in [2.45, 2.75) is 20.0 Å². The normalized spacial score (nSPS) is 12.7. The smallest absolute Gasteiger partial charge is 0.171 e. The van der Waals surface area contributed by atoms with Gasteiger partial charge in [0, 0.05) is 23.7 Å². The number of aryl methyl sites for hydroxylation is 1. The second kappa shape index (κ2) is 4.04. The van der Waals surface area contributed by atoms with Gasteiger partial charge in [-0.05, 0) is 13.8 Å². The average Bonchev–Trinajstić information content (AvgIpc) is 2.69. The van der Waals surface area contributed by atoms with Crippen molar-refractivity contribution in [1.82, 2.24) is 15.0 Å². The van der Waals surface area contributed by atoms with Crippen LogP contribution in [-0.2, 0) is 0 Å². The molecule has 0 aliphatic carbocycles. The minimum atomic E-state index is -0.527. The van der Waals surface area contributed by atoms with Gasteiger partial charge in [0.1, 0.15) is 0 Å². The van der Waals surface area contributed by atoms with Crippen LogP contribution in [0.4, 0.5) is 0 Å². The Morgan fingerprint density at radius 3 is 2.73 bits per heavy atom. The van der Waals surface area contributed by atoms with E-state index in [1.165, 1.54) is 11.3 Å². The quantitative estimate of drug-likeness (QED) is 0.842. The van der Waals surface area contributed by atoms with Gasteiger partial charge in [0.25, 0.3) is 0 Å². The number of nitrogens with zero attached hydrogens (tertiary/aromatic N) is 3. The number of aliphatic hydroxyl groups excluding tert-OH is 1. The standard InChI is InChI=1S/C10H11N3OS/c1-6-8(7(2)14)3-12-10(13-6)9-4-11-5-15-9/h3-5,7,14H,1-2H3/t7-/m0/s1. The lowest BCUT2D eigenvalue weighted by Crippen LogP contribution is -2.00. The molecule has 15 heavy (non-hydrogen) atoms. The molecule has 0 aromatic carbocycles. The minimum Gasteiger partial charge on any atom is -0.389 e. The first-order valence-corrected chi connectivity index (χ1v) is 5.47. The minimum absolute atomic E-state index is 0.527. The predicted octanol–water partition coefficient (Wildman–Crippen LogP) is 1.96. The van der Waals surface area contributed by atoms with Gasteiger partial charge in [0.2, 0.25) is 0 Å². The van der Waals surface area contributed by atoms with E-state index in [0.29, 0.717) is 5.82 Å². The van der Waals surface area contributed by atoms with E-state index in [9.17, 15) is 5.11 Å². The molecule has 5 heteroatoms. The van der Waals surface area contributed by atoms with Crippen molar-refractivity contribution in [3.8, 4) is 10.7 Å². The Balaban J connectivity index is 2.42. The summed E-state index contributed by atoms with van der Waals surface area (Å²) in [5.41, 5.74) is 3.32. The summed E-state index contributed by atoms with van der Waals surface area (Å²) in [5, 5.41) is 9.44. The topological polar surface area (TPSA) is 58.9 Å². The number of hydrogen-bond acceptors (Lipinski definition) is 5. The van der Waals surface area contributed by atoms with E-state index in [-0.39, 0.29) is 0 Å². The maximum atomic E-state index is 9.44. The molecule has 0 bridgehead atoms. The summed E-state index contributed by atoms with van der Waals surface area (Å²) in [6.45, 7) is 3.58. The van der Waals surface area contributed by atoms with Crippen LogP contribution in [-0.4, -0.2) is 20.1 Å². The molecule has 0 spiro atoms. The van der Waals surface area contributed by atoms with E-state index in [1.54, 1.807) is 24.8 Å². The molecule has 0 saturated carbocycles. The van der Waals surface area contributed by atoms with Crippen molar-refractivity contribution in [1.29, 1.82) is 0 Å². The van der Waals surface area contributed by atoms with Crippen LogP contribution in [0.3, 0.4) is 0 Å². The SMILES string of the molecule is Cc1nc(-c2cncs2)ncc1[C@H](C)O. The third-order valence-corrected chi connectivity index (χ3v) is 2.89. The molecule has 2 aromatic rings. The Labute approximate surface area is 91.7 Å². The van der Waals surface area contributed by atoms with Crippen LogP contribution in [0.25, 0.3) is 10.7 Å². The molecule has 4 nitrogen and oxygen atoms in total. The molecule has 0 unspecified atom stereocenters. The molecule has 1 N–H and O–H groups in total. The summed E-state index contributed by atoms with van der Waals surface area (Å²) in [4.78, 5) is 13.5. The summed E-state index contributed by atoms with van der Waals surface area (Å²) in [6.07, 6.45) is 2.88. The van der Waals surface area contributed by atoms with Gasteiger partial charge in [-0.15, -0.1) is 11.3 Å². The van der Waals surface area contributed by atoms with Crippen LogP contribution >= 0.6 is 11.3 Å². The molecule has 0 saturated heterocycles. The fourth-order valence-electron chi connectivity index (χ4n) is 1.33. The second-order valence-electron chi connectivity index (χ2n) is 3.28. The zero-order chi connectivity index (χ0) is 10.8. The van der Waals surface area contributed by atoms with Crippen molar-refractivity contribution in [3.63, 3.8) is 0 Å². The van der Waals surface area contributed by atoms with Crippen LogP contribution in [0.1, 0.15) is 24.3 Å². The van der Waals surface area contributed by atoms with Crippen molar-refractivity contribution in [2.75, 3.05) is 0 Å². The van der Waals surface area contributed by atoms with Gasteiger partial charge in [0.15, 0.2) is 5.82 Å². The summed E-state index contributed by atoms with van der Waals surface area (Å²) in [6, 6.07) is 0. The van der Waals surface area contributed by atoms with Crippen LogP contribution in [0.5, 0.6) is 0 Å². The lowest BCUT2D eigenvalue weighted by atomic mass is 10.1. The zero-order valence-corrected chi connectivity index (χ0v) is 9.32. The highest BCUT2D eigenvalue weighted by Crippen LogP contribution is 2.21.